The normalized spacial score (nSPS) is 16.4. The van der Waals surface area contributed by atoms with Gasteiger partial charge < -0.3 is 10.6 Å². The van der Waals surface area contributed by atoms with Crippen molar-refractivity contribution in [3.63, 3.8) is 0 Å². The summed E-state index contributed by atoms with van der Waals surface area (Å²) in [6.45, 7) is 5.64. The zero-order valence-electron chi connectivity index (χ0n) is 10.1. The molecular formula is C13H17BrN2O. The number of carbonyl (C=O) groups is 1. The lowest BCUT2D eigenvalue weighted by Crippen LogP contribution is -2.54. The van der Waals surface area contributed by atoms with E-state index < -0.39 is 0 Å². The van der Waals surface area contributed by atoms with Gasteiger partial charge in [-0.1, -0.05) is 28.1 Å². The Labute approximate surface area is 110 Å². The first-order valence-electron chi connectivity index (χ1n) is 5.78. The number of benzene rings is 1. The van der Waals surface area contributed by atoms with Crippen LogP contribution in [0.3, 0.4) is 0 Å². The summed E-state index contributed by atoms with van der Waals surface area (Å²) in [5, 5.41) is 6.21. The zero-order chi connectivity index (χ0) is 12.5. The molecule has 0 radical (unpaired) electrons. The van der Waals surface area contributed by atoms with E-state index in [-0.39, 0.29) is 17.4 Å². The van der Waals surface area contributed by atoms with Gasteiger partial charge in [-0.2, -0.15) is 0 Å². The van der Waals surface area contributed by atoms with E-state index in [0.717, 1.165) is 23.1 Å². The van der Waals surface area contributed by atoms with Crippen molar-refractivity contribution in [2.75, 3.05) is 13.1 Å². The molecule has 0 aromatic heterocycles. The third kappa shape index (κ3) is 2.87. The first-order chi connectivity index (χ1) is 7.99. The molecule has 2 N–H and O–H groups in total. The third-order valence-electron chi connectivity index (χ3n) is 3.15. The van der Waals surface area contributed by atoms with E-state index in [1.54, 1.807) is 0 Å². The Bertz CT molecular complexity index is 410. The summed E-state index contributed by atoms with van der Waals surface area (Å²) >= 11 is 3.41. The highest BCUT2D eigenvalue weighted by Crippen LogP contribution is 2.22. The molecule has 1 amide bonds. The molecule has 92 valence electrons. The predicted molar refractivity (Wildman–Crippen MR) is 71.7 cm³/mol. The van der Waals surface area contributed by atoms with E-state index in [1.807, 2.05) is 38.1 Å². The molecule has 1 aliphatic rings. The monoisotopic (exact) mass is 296 g/mol. The highest BCUT2D eigenvalue weighted by molar-refractivity contribution is 9.10. The Balaban J connectivity index is 2.06. The molecule has 0 spiro atoms. The predicted octanol–water partition coefficient (Wildman–Crippen LogP) is 2.02. The van der Waals surface area contributed by atoms with E-state index in [4.69, 9.17) is 0 Å². The maximum absolute atomic E-state index is 11.9. The minimum Gasteiger partial charge on any atom is -0.347 e. The smallest absolute Gasteiger partial charge is 0.226 e. The summed E-state index contributed by atoms with van der Waals surface area (Å²) < 4.78 is 1.05. The summed E-state index contributed by atoms with van der Waals surface area (Å²) in [6.07, 6.45) is 0. The van der Waals surface area contributed by atoms with Crippen molar-refractivity contribution in [3.05, 3.63) is 34.3 Å². The number of nitrogens with one attached hydrogen (secondary N) is 2. The molecule has 1 fully saturated rings. The number of rotatable bonds is 3. The van der Waals surface area contributed by atoms with Crippen LogP contribution >= 0.6 is 15.9 Å². The number of carbonyl (C=O) groups excluding carboxylic acids is 1. The van der Waals surface area contributed by atoms with Crippen LogP contribution in [-0.4, -0.2) is 19.0 Å². The molecule has 1 saturated heterocycles. The largest absolute Gasteiger partial charge is 0.347 e. The molecule has 17 heavy (non-hydrogen) atoms. The summed E-state index contributed by atoms with van der Waals surface area (Å²) in [5.41, 5.74) is 0.786. The lowest BCUT2D eigenvalue weighted by molar-refractivity contribution is -0.128. The van der Waals surface area contributed by atoms with Gasteiger partial charge in [-0.3, -0.25) is 4.79 Å². The number of hydrogen-bond donors (Lipinski definition) is 2. The van der Waals surface area contributed by atoms with Crippen molar-refractivity contribution in [2.24, 2.45) is 5.92 Å². The van der Waals surface area contributed by atoms with Crippen molar-refractivity contribution < 1.29 is 4.79 Å². The second-order valence-electron chi connectivity index (χ2n) is 4.98. The Hall–Kier alpha value is -0.870. The molecule has 0 unspecified atom stereocenters. The standard InChI is InChI=1S/C13H17BrN2O/c1-13(2,10-3-5-11(14)6-4-10)16-12(17)9-7-15-8-9/h3-6,9,15H,7-8H2,1-2H3,(H,16,17). The molecule has 0 atom stereocenters. The molecule has 2 rings (SSSR count). The second kappa shape index (κ2) is 4.78. The van der Waals surface area contributed by atoms with Gasteiger partial charge in [0.1, 0.15) is 0 Å². The fourth-order valence-electron chi connectivity index (χ4n) is 1.82. The van der Waals surface area contributed by atoms with Crippen LogP contribution in [0.15, 0.2) is 28.7 Å². The van der Waals surface area contributed by atoms with Crippen molar-refractivity contribution >= 4 is 21.8 Å². The van der Waals surface area contributed by atoms with E-state index in [0.29, 0.717) is 0 Å². The van der Waals surface area contributed by atoms with Gasteiger partial charge in [-0.25, -0.2) is 0 Å². The average molecular weight is 297 g/mol. The van der Waals surface area contributed by atoms with Gasteiger partial charge in [0, 0.05) is 17.6 Å². The van der Waals surface area contributed by atoms with Crippen molar-refractivity contribution in [2.45, 2.75) is 19.4 Å². The molecule has 0 saturated carbocycles. The molecule has 1 heterocycles. The highest BCUT2D eigenvalue weighted by Gasteiger charge is 2.30. The summed E-state index contributed by atoms with van der Waals surface area (Å²) in [5.74, 6) is 0.265. The van der Waals surface area contributed by atoms with Gasteiger partial charge in [-0.15, -0.1) is 0 Å². The zero-order valence-corrected chi connectivity index (χ0v) is 11.7. The summed E-state index contributed by atoms with van der Waals surface area (Å²) in [4.78, 5) is 11.9. The molecule has 0 aliphatic carbocycles. The van der Waals surface area contributed by atoms with Crippen LogP contribution in [0.4, 0.5) is 0 Å². The van der Waals surface area contributed by atoms with Gasteiger partial charge in [-0.05, 0) is 31.5 Å². The van der Waals surface area contributed by atoms with E-state index in [1.165, 1.54) is 0 Å². The van der Waals surface area contributed by atoms with Gasteiger partial charge in [0.15, 0.2) is 0 Å². The maximum Gasteiger partial charge on any atom is 0.226 e. The quantitative estimate of drug-likeness (QED) is 0.896. The van der Waals surface area contributed by atoms with Crippen molar-refractivity contribution in [3.8, 4) is 0 Å². The van der Waals surface area contributed by atoms with Crippen molar-refractivity contribution in [1.82, 2.24) is 10.6 Å². The molecule has 0 bridgehead atoms. The molecule has 1 aromatic carbocycles. The SMILES string of the molecule is CC(C)(NC(=O)C1CNC1)c1ccc(Br)cc1. The number of amides is 1. The van der Waals surface area contributed by atoms with Gasteiger partial charge in [0.05, 0.1) is 11.5 Å². The topological polar surface area (TPSA) is 41.1 Å². The fraction of sp³-hybridized carbons (Fsp3) is 0.462. The van der Waals surface area contributed by atoms with E-state index in [2.05, 4.69) is 26.6 Å². The minimum absolute atomic E-state index is 0.129. The Morgan fingerprint density at radius 1 is 1.35 bits per heavy atom. The number of halogens is 1. The van der Waals surface area contributed by atoms with E-state index >= 15 is 0 Å². The van der Waals surface area contributed by atoms with Crippen LogP contribution in [0.25, 0.3) is 0 Å². The molecular weight excluding hydrogens is 280 g/mol. The van der Waals surface area contributed by atoms with Gasteiger partial charge in [0.2, 0.25) is 5.91 Å². The van der Waals surface area contributed by atoms with Gasteiger partial charge in [0.25, 0.3) is 0 Å². The molecule has 1 aliphatic heterocycles. The first kappa shape index (κ1) is 12.6. The lowest BCUT2D eigenvalue weighted by atomic mass is 9.92. The lowest BCUT2D eigenvalue weighted by Gasteiger charge is -2.32. The van der Waals surface area contributed by atoms with Crippen LogP contribution in [0, 0.1) is 5.92 Å². The fourth-order valence-corrected chi connectivity index (χ4v) is 2.09. The maximum atomic E-state index is 11.9. The molecule has 3 nitrogen and oxygen atoms in total. The van der Waals surface area contributed by atoms with Crippen LogP contribution in [-0.2, 0) is 10.3 Å². The summed E-state index contributed by atoms with van der Waals surface area (Å²) in [7, 11) is 0. The van der Waals surface area contributed by atoms with Crippen LogP contribution in [0.1, 0.15) is 19.4 Å². The van der Waals surface area contributed by atoms with Gasteiger partial charge >= 0.3 is 0 Å². The summed E-state index contributed by atoms with van der Waals surface area (Å²) in [6, 6.07) is 8.05. The Morgan fingerprint density at radius 2 is 1.94 bits per heavy atom. The Kier molecular flexibility index (Phi) is 3.54. The Morgan fingerprint density at radius 3 is 2.41 bits per heavy atom. The van der Waals surface area contributed by atoms with Crippen LogP contribution < -0.4 is 10.6 Å². The second-order valence-corrected chi connectivity index (χ2v) is 5.89. The number of hydrogen-bond acceptors (Lipinski definition) is 2. The first-order valence-corrected chi connectivity index (χ1v) is 6.57. The van der Waals surface area contributed by atoms with Crippen LogP contribution in [0.2, 0.25) is 0 Å². The third-order valence-corrected chi connectivity index (χ3v) is 3.68. The minimum atomic E-state index is -0.326. The van der Waals surface area contributed by atoms with Crippen LogP contribution in [0.5, 0.6) is 0 Å². The van der Waals surface area contributed by atoms with E-state index in [9.17, 15) is 4.79 Å². The average Bonchev–Trinajstić information content (AvgIpc) is 2.14. The molecule has 1 aromatic rings. The molecule has 4 heteroatoms. The highest BCUT2D eigenvalue weighted by atomic mass is 79.9. The van der Waals surface area contributed by atoms with Crippen molar-refractivity contribution in [1.29, 1.82) is 0 Å².